The lowest BCUT2D eigenvalue weighted by molar-refractivity contribution is -0.384. The Morgan fingerprint density at radius 1 is 1.24 bits per heavy atom. The number of carbonyl (C=O) groups excluding carboxylic acids is 1. The highest BCUT2D eigenvalue weighted by molar-refractivity contribution is 6.43. The van der Waals surface area contributed by atoms with Crippen molar-refractivity contribution in [2.45, 2.75) is 19.8 Å². The number of nitrogens with zero attached hydrogens (tertiary/aromatic N) is 3. The van der Waals surface area contributed by atoms with Crippen molar-refractivity contribution < 1.29 is 9.72 Å². The van der Waals surface area contributed by atoms with E-state index < -0.39 is 4.92 Å². The molecule has 0 aromatic heterocycles. The number of hydrazone groups is 1. The Labute approximate surface area is 145 Å². The molecule has 2 aromatic carbocycles. The van der Waals surface area contributed by atoms with E-state index in [-0.39, 0.29) is 11.5 Å². The van der Waals surface area contributed by atoms with Crippen molar-refractivity contribution in [2.24, 2.45) is 5.10 Å². The third-order valence-corrected chi connectivity index (χ3v) is 4.03. The number of hydrogen-bond acceptors (Lipinski definition) is 5. The standard InChI is InChI=1S/C18H18N4O3/c1-13(23)18(20-19-15-8-4-9-16(12-15)22(24)25)21-11-5-7-14-6-2-3-10-17(14)21/h2-4,6,8-10,12,19H,5,7,11H2,1H3/b20-18+. The van der Waals surface area contributed by atoms with Gasteiger partial charge in [-0.25, -0.2) is 0 Å². The van der Waals surface area contributed by atoms with Crippen molar-refractivity contribution in [2.75, 3.05) is 16.9 Å². The van der Waals surface area contributed by atoms with E-state index in [0.717, 1.165) is 18.5 Å². The summed E-state index contributed by atoms with van der Waals surface area (Å²) in [5, 5.41) is 15.1. The third kappa shape index (κ3) is 3.65. The molecule has 0 aliphatic carbocycles. The molecule has 1 aliphatic rings. The smallest absolute Gasteiger partial charge is 0.271 e. The van der Waals surface area contributed by atoms with Crippen molar-refractivity contribution in [1.82, 2.24) is 0 Å². The summed E-state index contributed by atoms with van der Waals surface area (Å²) in [5.41, 5.74) is 5.35. The van der Waals surface area contributed by atoms with Gasteiger partial charge in [-0.2, -0.15) is 5.10 Å². The molecule has 2 aromatic rings. The number of fused-ring (bicyclic) bond motifs is 1. The van der Waals surface area contributed by atoms with E-state index in [9.17, 15) is 14.9 Å². The molecule has 0 saturated carbocycles. The van der Waals surface area contributed by atoms with Crippen LogP contribution < -0.4 is 10.3 Å². The molecule has 0 fully saturated rings. The van der Waals surface area contributed by atoms with E-state index in [1.165, 1.54) is 24.6 Å². The van der Waals surface area contributed by atoms with E-state index in [1.807, 2.05) is 29.2 Å². The number of amidine groups is 1. The number of rotatable bonds is 4. The highest BCUT2D eigenvalue weighted by atomic mass is 16.6. The number of benzene rings is 2. The van der Waals surface area contributed by atoms with E-state index in [2.05, 4.69) is 10.5 Å². The van der Waals surface area contributed by atoms with Crippen LogP contribution in [-0.4, -0.2) is 23.1 Å². The Kier molecular flexibility index (Phi) is 4.74. The lowest BCUT2D eigenvalue weighted by Crippen LogP contribution is -2.39. The monoisotopic (exact) mass is 338 g/mol. The SMILES string of the molecule is CC(=O)/C(=N\Nc1cccc([N+](=O)[O-])c1)N1CCCc2ccccc21. The Balaban J connectivity index is 1.90. The fourth-order valence-corrected chi connectivity index (χ4v) is 2.89. The summed E-state index contributed by atoms with van der Waals surface area (Å²) < 4.78 is 0. The summed E-state index contributed by atoms with van der Waals surface area (Å²) in [7, 11) is 0. The third-order valence-electron chi connectivity index (χ3n) is 4.03. The number of ketones is 1. The highest BCUT2D eigenvalue weighted by Gasteiger charge is 2.23. The van der Waals surface area contributed by atoms with E-state index >= 15 is 0 Å². The molecule has 0 spiro atoms. The molecule has 3 rings (SSSR count). The van der Waals surface area contributed by atoms with Crippen LogP contribution in [0.25, 0.3) is 0 Å². The summed E-state index contributed by atoms with van der Waals surface area (Å²) in [6.45, 7) is 2.16. The first-order chi connectivity index (χ1) is 12.1. The fraction of sp³-hybridized carbons (Fsp3) is 0.222. The van der Waals surface area contributed by atoms with E-state index in [1.54, 1.807) is 12.1 Å². The number of anilines is 2. The van der Waals surface area contributed by atoms with Crippen molar-refractivity contribution >= 4 is 28.7 Å². The molecule has 128 valence electrons. The number of para-hydroxylation sites is 1. The van der Waals surface area contributed by atoms with Gasteiger partial charge in [0.15, 0.2) is 11.6 Å². The van der Waals surface area contributed by atoms with Gasteiger partial charge in [-0.15, -0.1) is 0 Å². The summed E-state index contributed by atoms with van der Waals surface area (Å²) >= 11 is 0. The Morgan fingerprint density at radius 2 is 2.04 bits per heavy atom. The molecule has 0 atom stereocenters. The molecule has 7 heteroatoms. The van der Waals surface area contributed by atoms with Gasteiger partial charge in [-0.3, -0.25) is 20.3 Å². The zero-order valence-corrected chi connectivity index (χ0v) is 13.8. The maximum Gasteiger partial charge on any atom is 0.271 e. The number of non-ortho nitro benzene ring substituents is 1. The van der Waals surface area contributed by atoms with Gasteiger partial charge in [0.1, 0.15) is 0 Å². The topological polar surface area (TPSA) is 87.8 Å². The van der Waals surface area contributed by atoms with Crippen molar-refractivity contribution in [1.29, 1.82) is 0 Å². The molecule has 0 radical (unpaired) electrons. The molecule has 0 amide bonds. The number of nitro groups is 1. The van der Waals surface area contributed by atoms with Crippen LogP contribution in [0.2, 0.25) is 0 Å². The maximum atomic E-state index is 12.1. The molecule has 1 N–H and O–H groups in total. The Morgan fingerprint density at radius 3 is 2.80 bits per heavy atom. The summed E-state index contributed by atoms with van der Waals surface area (Å²) in [4.78, 5) is 24.4. The lowest BCUT2D eigenvalue weighted by atomic mass is 10.0. The zero-order chi connectivity index (χ0) is 17.8. The Bertz CT molecular complexity index is 848. The predicted octanol–water partition coefficient (Wildman–Crippen LogP) is 3.36. The van der Waals surface area contributed by atoms with Crippen LogP contribution in [0, 0.1) is 10.1 Å². The normalized spacial score (nSPS) is 14.0. The second-order valence-electron chi connectivity index (χ2n) is 5.79. The highest BCUT2D eigenvalue weighted by Crippen LogP contribution is 2.27. The molecule has 1 aliphatic heterocycles. The summed E-state index contributed by atoms with van der Waals surface area (Å²) in [5.74, 6) is 0.119. The van der Waals surface area contributed by atoms with Gasteiger partial charge in [-0.1, -0.05) is 24.3 Å². The minimum absolute atomic E-state index is 0.0344. The summed E-state index contributed by atoms with van der Waals surface area (Å²) in [6, 6.07) is 14.0. The second-order valence-corrected chi connectivity index (χ2v) is 5.79. The molecular formula is C18H18N4O3. The molecule has 25 heavy (non-hydrogen) atoms. The molecule has 0 saturated heterocycles. The van der Waals surface area contributed by atoms with Crippen molar-refractivity contribution in [3.63, 3.8) is 0 Å². The fourth-order valence-electron chi connectivity index (χ4n) is 2.89. The number of Topliss-reactive ketones (excluding diaryl/α,β-unsaturated/α-hetero) is 1. The van der Waals surface area contributed by atoms with Crippen LogP contribution in [0.4, 0.5) is 17.1 Å². The lowest BCUT2D eigenvalue weighted by Gasteiger charge is -2.30. The largest absolute Gasteiger partial charge is 0.322 e. The van der Waals surface area contributed by atoms with E-state index in [4.69, 9.17) is 0 Å². The molecule has 7 nitrogen and oxygen atoms in total. The predicted molar refractivity (Wildman–Crippen MR) is 96.9 cm³/mol. The molecule has 0 unspecified atom stereocenters. The van der Waals surface area contributed by atoms with E-state index in [0.29, 0.717) is 18.1 Å². The van der Waals surface area contributed by atoms with Crippen LogP contribution >= 0.6 is 0 Å². The first-order valence-electron chi connectivity index (χ1n) is 8.01. The first-order valence-corrected chi connectivity index (χ1v) is 8.01. The van der Waals surface area contributed by atoms with Crippen LogP contribution in [0.3, 0.4) is 0 Å². The van der Waals surface area contributed by atoms with Gasteiger partial charge in [0.05, 0.1) is 10.6 Å². The minimum atomic E-state index is -0.471. The van der Waals surface area contributed by atoms with Gasteiger partial charge in [0.2, 0.25) is 0 Å². The van der Waals surface area contributed by atoms with Crippen LogP contribution in [0.5, 0.6) is 0 Å². The van der Waals surface area contributed by atoms with Gasteiger partial charge >= 0.3 is 0 Å². The minimum Gasteiger partial charge on any atom is -0.322 e. The van der Waals surface area contributed by atoms with Gasteiger partial charge in [0.25, 0.3) is 5.69 Å². The van der Waals surface area contributed by atoms with Gasteiger partial charge < -0.3 is 4.90 Å². The molecule has 1 heterocycles. The van der Waals surface area contributed by atoms with Gasteiger partial charge in [0, 0.05) is 31.3 Å². The van der Waals surface area contributed by atoms with Crippen molar-refractivity contribution in [3.8, 4) is 0 Å². The average molecular weight is 338 g/mol. The van der Waals surface area contributed by atoms with Crippen LogP contribution in [0.1, 0.15) is 18.9 Å². The number of hydrogen-bond donors (Lipinski definition) is 1. The molecule has 0 bridgehead atoms. The molecular weight excluding hydrogens is 320 g/mol. The second kappa shape index (κ2) is 7.12. The zero-order valence-electron chi connectivity index (χ0n) is 13.8. The number of nitro benzene ring substituents is 1. The quantitative estimate of drug-likeness (QED) is 0.400. The number of aryl methyl sites for hydroxylation is 1. The Hall–Kier alpha value is -3.22. The number of carbonyl (C=O) groups is 1. The maximum absolute atomic E-state index is 12.1. The first kappa shape index (κ1) is 16.6. The number of nitrogens with one attached hydrogen (secondary N) is 1. The van der Waals surface area contributed by atoms with Crippen LogP contribution in [-0.2, 0) is 11.2 Å². The van der Waals surface area contributed by atoms with Crippen LogP contribution in [0.15, 0.2) is 53.6 Å². The summed E-state index contributed by atoms with van der Waals surface area (Å²) in [6.07, 6.45) is 1.90. The van der Waals surface area contributed by atoms with Gasteiger partial charge in [-0.05, 0) is 30.5 Å². The van der Waals surface area contributed by atoms with Crippen molar-refractivity contribution in [3.05, 3.63) is 64.2 Å². The average Bonchev–Trinajstić information content (AvgIpc) is 2.62.